The molecule has 0 saturated heterocycles. The predicted molar refractivity (Wildman–Crippen MR) is 67.8 cm³/mol. The monoisotopic (exact) mass is 230 g/mol. The Labute approximate surface area is 101 Å². The van der Waals surface area contributed by atoms with Crippen molar-refractivity contribution in [2.45, 2.75) is 44.6 Å². The molecular formula is C13H18N4. The molecule has 0 spiro atoms. The summed E-state index contributed by atoms with van der Waals surface area (Å²) in [4.78, 5) is 12.4. The van der Waals surface area contributed by atoms with Gasteiger partial charge in [0.1, 0.15) is 5.82 Å². The Kier molecular flexibility index (Phi) is 2.59. The van der Waals surface area contributed by atoms with E-state index in [9.17, 15) is 0 Å². The fourth-order valence-electron chi connectivity index (χ4n) is 2.64. The van der Waals surface area contributed by atoms with Gasteiger partial charge in [-0.25, -0.2) is 9.97 Å². The maximum Gasteiger partial charge on any atom is 0.177 e. The number of nitrogens with zero attached hydrogens (tertiary/aromatic N) is 2. The Hall–Kier alpha value is -1.42. The number of aromatic nitrogens is 3. The minimum atomic E-state index is 0.385. The van der Waals surface area contributed by atoms with Crippen LogP contribution in [0.4, 0.5) is 0 Å². The van der Waals surface area contributed by atoms with E-state index in [0.717, 1.165) is 42.7 Å². The van der Waals surface area contributed by atoms with E-state index in [4.69, 9.17) is 5.73 Å². The molecule has 0 radical (unpaired) electrons. The summed E-state index contributed by atoms with van der Waals surface area (Å²) in [5.74, 6) is 1.62. The molecule has 4 nitrogen and oxygen atoms in total. The number of pyridine rings is 1. The second-order valence-corrected chi connectivity index (χ2v) is 5.06. The molecule has 0 atom stereocenters. The lowest BCUT2D eigenvalue weighted by molar-refractivity contribution is 0.386. The minimum Gasteiger partial charge on any atom is -0.340 e. The van der Waals surface area contributed by atoms with Crippen molar-refractivity contribution in [2.75, 3.05) is 0 Å². The van der Waals surface area contributed by atoms with E-state index in [-0.39, 0.29) is 0 Å². The SMILES string of the molecule is Cc1ccnc2nc(C3CCC(N)CC3)[nH]c12. The summed E-state index contributed by atoms with van der Waals surface area (Å²) < 4.78 is 0. The fourth-order valence-corrected chi connectivity index (χ4v) is 2.64. The van der Waals surface area contributed by atoms with Crippen molar-refractivity contribution >= 4 is 11.2 Å². The molecule has 1 aliphatic rings. The van der Waals surface area contributed by atoms with Gasteiger partial charge in [-0.15, -0.1) is 0 Å². The van der Waals surface area contributed by atoms with E-state index in [0.29, 0.717) is 12.0 Å². The van der Waals surface area contributed by atoms with Crippen LogP contribution in [0.2, 0.25) is 0 Å². The number of aromatic amines is 1. The number of nitrogens with one attached hydrogen (secondary N) is 1. The van der Waals surface area contributed by atoms with Gasteiger partial charge in [0.05, 0.1) is 5.52 Å². The van der Waals surface area contributed by atoms with Crippen LogP contribution in [0.5, 0.6) is 0 Å². The number of fused-ring (bicyclic) bond motifs is 1. The zero-order valence-corrected chi connectivity index (χ0v) is 10.1. The summed E-state index contributed by atoms with van der Waals surface area (Å²) in [7, 11) is 0. The Bertz CT molecular complexity index is 523. The number of imidazole rings is 1. The molecule has 2 aromatic heterocycles. The van der Waals surface area contributed by atoms with Gasteiger partial charge < -0.3 is 10.7 Å². The Morgan fingerprint density at radius 2 is 2.06 bits per heavy atom. The first-order valence-corrected chi connectivity index (χ1v) is 6.31. The average molecular weight is 230 g/mol. The standard InChI is InChI=1S/C13H18N4/c1-8-6-7-15-13-11(8)16-12(17-13)9-2-4-10(14)5-3-9/h6-7,9-10H,2-5,14H2,1H3,(H,15,16,17). The van der Waals surface area contributed by atoms with Crippen molar-refractivity contribution in [2.24, 2.45) is 5.73 Å². The van der Waals surface area contributed by atoms with Gasteiger partial charge in [0, 0.05) is 18.2 Å². The van der Waals surface area contributed by atoms with Gasteiger partial charge in [0.15, 0.2) is 5.65 Å². The number of nitrogens with two attached hydrogens (primary N) is 1. The summed E-state index contributed by atoms with van der Waals surface area (Å²) in [6.07, 6.45) is 6.31. The van der Waals surface area contributed by atoms with Crippen molar-refractivity contribution in [3.8, 4) is 0 Å². The van der Waals surface area contributed by atoms with E-state index in [1.807, 2.05) is 12.3 Å². The summed E-state index contributed by atoms with van der Waals surface area (Å²) >= 11 is 0. The van der Waals surface area contributed by atoms with E-state index in [2.05, 4.69) is 21.9 Å². The Balaban J connectivity index is 1.93. The highest BCUT2D eigenvalue weighted by Crippen LogP contribution is 2.31. The maximum atomic E-state index is 5.93. The fraction of sp³-hybridized carbons (Fsp3) is 0.538. The Morgan fingerprint density at radius 1 is 1.29 bits per heavy atom. The van der Waals surface area contributed by atoms with Crippen LogP contribution in [-0.4, -0.2) is 21.0 Å². The van der Waals surface area contributed by atoms with Gasteiger partial charge in [-0.1, -0.05) is 0 Å². The lowest BCUT2D eigenvalue weighted by Crippen LogP contribution is -2.26. The van der Waals surface area contributed by atoms with E-state index < -0.39 is 0 Å². The van der Waals surface area contributed by atoms with Crippen molar-refractivity contribution in [1.29, 1.82) is 0 Å². The largest absolute Gasteiger partial charge is 0.340 e. The summed E-state index contributed by atoms with van der Waals surface area (Å²) in [5.41, 5.74) is 9.06. The van der Waals surface area contributed by atoms with Crippen LogP contribution < -0.4 is 5.73 Å². The Morgan fingerprint density at radius 3 is 2.76 bits per heavy atom. The van der Waals surface area contributed by atoms with Gasteiger partial charge in [0.2, 0.25) is 0 Å². The molecule has 1 aliphatic carbocycles. The number of H-pyrrole nitrogens is 1. The summed E-state index contributed by atoms with van der Waals surface area (Å²) in [5, 5.41) is 0. The summed E-state index contributed by atoms with van der Waals surface area (Å²) in [6.45, 7) is 2.09. The minimum absolute atomic E-state index is 0.385. The van der Waals surface area contributed by atoms with Crippen LogP contribution in [-0.2, 0) is 0 Å². The molecule has 2 aromatic rings. The maximum absolute atomic E-state index is 5.93. The predicted octanol–water partition coefficient (Wildman–Crippen LogP) is 2.25. The third kappa shape index (κ3) is 1.93. The highest BCUT2D eigenvalue weighted by Gasteiger charge is 2.22. The lowest BCUT2D eigenvalue weighted by atomic mass is 9.86. The van der Waals surface area contributed by atoms with Crippen molar-refractivity contribution in [3.63, 3.8) is 0 Å². The highest BCUT2D eigenvalue weighted by atomic mass is 15.0. The van der Waals surface area contributed by atoms with Crippen LogP contribution in [0.15, 0.2) is 12.3 Å². The number of rotatable bonds is 1. The topological polar surface area (TPSA) is 67.6 Å². The summed E-state index contributed by atoms with van der Waals surface area (Å²) in [6, 6.07) is 2.40. The van der Waals surface area contributed by atoms with Gasteiger partial charge >= 0.3 is 0 Å². The third-order valence-corrected chi connectivity index (χ3v) is 3.78. The van der Waals surface area contributed by atoms with Crippen molar-refractivity contribution in [1.82, 2.24) is 15.0 Å². The van der Waals surface area contributed by atoms with Gasteiger partial charge in [-0.3, -0.25) is 0 Å². The first-order chi connectivity index (χ1) is 8.24. The molecule has 1 fully saturated rings. The van der Waals surface area contributed by atoms with E-state index >= 15 is 0 Å². The second kappa shape index (κ2) is 4.11. The molecule has 3 N–H and O–H groups in total. The number of aryl methyl sites for hydroxylation is 1. The van der Waals surface area contributed by atoms with Crippen LogP contribution in [0.1, 0.15) is 43.0 Å². The van der Waals surface area contributed by atoms with Gasteiger partial charge in [-0.05, 0) is 44.2 Å². The third-order valence-electron chi connectivity index (χ3n) is 3.78. The van der Waals surface area contributed by atoms with E-state index in [1.54, 1.807) is 0 Å². The van der Waals surface area contributed by atoms with E-state index in [1.165, 1.54) is 5.56 Å². The molecule has 0 amide bonds. The molecule has 0 unspecified atom stereocenters. The molecule has 0 aliphatic heterocycles. The van der Waals surface area contributed by atoms with Crippen LogP contribution >= 0.6 is 0 Å². The lowest BCUT2D eigenvalue weighted by Gasteiger charge is -2.24. The molecule has 17 heavy (non-hydrogen) atoms. The smallest absolute Gasteiger partial charge is 0.177 e. The van der Waals surface area contributed by atoms with Crippen molar-refractivity contribution < 1.29 is 0 Å². The van der Waals surface area contributed by atoms with Crippen LogP contribution in [0.3, 0.4) is 0 Å². The average Bonchev–Trinajstić information content (AvgIpc) is 2.75. The molecule has 4 heteroatoms. The highest BCUT2D eigenvalue weighted by molar-refractivity contribution is 5.74. The molecule has 2 heterocycles. The quantitative estimate of drug-likeness (QED) is 0.789. The van der Waals surface area contributed by atoms with Crippen LogP contribution in [0, 0.1) is 6.92 Å². The molecule has 0 bridgehead atoms. The first kappa shape index (κ1) is 10.7. The normalized spacial score (nSPS) is 25.3. The zero-order valence-electron chi connectivity index (χ0n) is 10.1. The van der Waals surface area contributed by atoms with Gasteiger partial charge in [-0.2, -0.15) is 0 Å². The van der Waals surface area contributed by atoms with Crippen molar-refractivity contribution in [3.05, 3.63) is 23.7 Å². The molecule has 90 valence electrons. The molecular weight excluding hydrogens is 212 g/mol. The molecule has 1 saturated carbocycles. The first-order valence-electron chi connectivity index (χ1n) is 6.31. The zero-order chi connectivity index (χ0) is 11.8. The number of hydrogen-bond acceptors (Lipinski definition) is 3. The molecule has 3 rings (SSSR count). The van der Waals surface area contributed by atoms with Gasteiger partial charge in [0.25, 0.3) is 0 Å². The number of hydrogen-bond donors (Lipinski definition) is 2. The molecule has 0 aromatic carbocycles. The second-order valence-electron chi connectivity index (χ2n) is 5.06. The van der Waals surface area contributed by atoms with Crippen LogP contribution in [0.25, 0.3) is 11.2 Å².